The predicted octanol–water partition coefficient (Wildman–Crippen LogP) is 1.85. The molecule has 7 nitrogen and oxygen atoms in total. The number of fused-ring (bicyclic) bond motifs is 1. The number of carbonyl (C=O) groups is 1. The third-order valence-corrected chi connectivity index (χ3v) is 4.77. The Kier molecular flexibility index (Phi) is 5.63. The van der Waals surface area contributed by atoms with E-state index in [1.165, 1.54) is 4.57 Å². The summed E-state index contributed by atoms with van der Waals surface area (Å²) in [6, 6.07) is 14.3. The van der Waals surface area contributed by atoms with E-state index in [1.54, 1.807) is 50.2 Å². The number of rotatable bonds is 6. The van der Waals surface area contributed by atoms with Crippen LogP contribution in [0.4, 0.5) is 0 Å². The van der Waals surface area contributed by atoms with Crippen molar-refractivity contribution < 1.29 is 9.53 Å². The highest BCUT2D eigenvalue weighted by Gasteiger charge is 2.17. The second kappa shape index (κ2) is 8.12. The fraction of sp³-hybridized carbons (Fsp3) is 0.286. The smallest absolute Gasteiger partial charge is 0.331 e. The molecule has 3 rings (SSSR count). The molecule has 0 radical (unpaired) electrons. The maximum absolute atomic E-state index is 12.8. The van der Waals surface area contributed by atoms with Crippen molar-refractivity contribution in [1.82, 2.24) is 14.0 Å². The lowest BCUT2D eigenvalue weighted by Gasteiger charge is -2.20. The summed E-state index contributed by atoms with van der Waals surface area (Å²) >= 11 is 0. The highest BCUT2D eigenvalue weighted by atomic mass is 16.5. The summed E-state index contributed by atoms with van der Waals surface area (Å²) in [5.74, 6) is 0.462. The van der Waals surface area contributed by atoms with E-state index in [9.17, 15) is 14.4 Å². The molecule has 0 unspecified atom stereocenters. The molecule has 0 saturated heterocycles. The summed E-state index contributed by atoms with van der Waals surface area (Å²) in [6.07, 6.45) is 0. The lowest BCUT2D eigenvalue weighted by Crippen LogP contribution is -2.42. The fourth-order valence-corrected chi connectivity index (χ4v) is 3.24. The maximum atomic E-state index is 12.8. The first-order valence-corrected chi connectivity index (χ1v) is 9.06. The molecule has 0 fully saturated rings. The van der Waals surface area contributed by atoms with Crippen LogP contribution >= 0.6 is 0 Å². The van der Waals surface area contributed by atoms with Gasteiger partial charge in [-0.1, -0.05) is 30.3 Å². The Balaban J connectivity index is 1.95. The van der Waals surface area contributed by atoms with E-state index < -0.39 is 5.69 Å². The van der Waals surface area contributed by atoms with Crippen molar-refractivity contribution in [3.05, 3.63) is 74.9 Å². The Morgan fingerprint density at radius 3 is 2.43 bits per heavy atom. The fourth-order valence-electron chi connectivity index (χ4n) is 3.24. The molecule has 1 heterocycles. The van der Waals surface area contributed by atoms with Crippen molar-refractivity contribution in [2.24, 2.45) is 0 Å². The van der Waals surface area contributed by atoms with Gasteiger partial charge in [-0.25, -0.2) is 4.79 Å². The molecule has 0 spiro atoms. The van der Waals surface area contributed by atoms with Gasteiger partial charge >= 0.3 is 5.69 Å². The van der Waals surface area contributed by atoms with Crippen LogP contribution in [-0.4, -0.2) is 34.1 Å². The van der Waals surface area contributed by atoms with Crippen LogP contribution in [0.15, 0.2) is 58.1 Å². The zero-order valence-corrected chi connectivity index (χ0v) is 16.2. The van der Waals surface area contributed by atoms with Gasteiger partial charge in [-0.15, -0.1) is 0 Å². The van der Waals surface area contributed by atoms with Crippen LogP contribution < -0.4 is 16.0 Å². The molecule has 0 saturated carbocycles. The summed E-state index contributed by atoms with van der Waals surface area (Å²) in [4.78, 5) is 39.7. The molecule has 0 N–H and O–H groups in total. The number of hydrogen-bond donors (Lipinski definition) is 0. The standard InChI is InChI=1S/C21H23N3O4/c1-4-23-20(26)16-10-6-7-11-17(16)24(21(23)27)14-19(25)22(2)13-15-9-5-8-12-18(15)28-3/h5-12H,4,13-14H2,1-3H3. The van der Waals surface area contributed by atoms with E-state index in [0.29, 0.717) is 23.2 Å². The van der Waals surface area contributed by atoms with Gasteiger partial charge in [0.1, 0.15) is 12.3 Å². The zero-order chi connectivity index (χ0) is 20.3. The molecule has 28 heavy (non-hydrogen) atoms. The normalized spacial score (nSPS) is 10.8. The number of carbonyl (C=O) groups excluding carboxylic acids is 1. The van der Waals surface area contributed by atoms with Crippen LogP contribution in [0.3, 0.4) is 0 Å². The first-order chi connectivity index (χ1) is 13.5. The number of nitrogens with zero attached hydrogens (tertiary/aromatic N) is 3. The van der Waals surface area contributed by atoms with Crippen molar-refractivity contribution in [2.45, 2.75) is 26.6 Å². The average molecular weight is 381 g/mol. The van der Waals surface area contributed by atoms with Gasteiger partial charge < -0.3 is 9.64 Å². The number of amides is 1. The highest BCUT2D eigenvalue weighted by Crippen LogP contribution is 2.19. The van der Waals surface area contributed by atoms with Crippen molar-refractivity contribution in [3.8, 4) is 5.75 Å². The molecule has 7 heteroatoms. The molecule has 0 bridgehead atoms. The number of para-hydroxylation sites is 2. The van der Waals surface area contributed by atoms with Crippen molar-refractivity contribution in [1.29, 1.82) is 0 Å². The van der Waals surface area contributed by atoms with Crippen molar-refractivity contribution >= 4 is 16.8 Å². The summed E-state index contributed by atoms with van der Waals surface area (Å²) in [5.41, 5.74) is 0.511. The third-order valence-electron chi connectivity index (χ3n) is 4.77. The van der Waals surface area contributed by atoms with Gasteiger partial charge in [0, 0.05) is 25.7 Å². The number of likely N-dealkylation sites (N-methyl/N-ethyl adjacent to an activating group) is 1. The second-order valence-corrected chi connectivity index (χ2v) is 6.50. The largest absolute Gasteiger partial charge is 0.496 e. The summed E-state index contributed by atoms with van der Waals surface area (Å²) < 4.78 is 7.84. The van der Waals surface area contributed by atoms with E-state index in [1.807, 2.05) is 24.3 Å². The van der Waals surface area contributed by atoms with Gasteiger partial charge in [0.15, 0.2) is 0 Å². The molecule has 3 aromatic rings. The van der Waals surface area contributed by atoms with Crippen LogP contribution in [-0.2, 0) is 24.4 Å². The summed E-state index contributed by atoms with van der Waals surface area (Å²) in [5, 5.41) is 0.420. The Bertz CT molecular complexity index is 1130. The second-order valence-electron chi connectivity index (χ2n) is 6.50. The minimum Gasteiger partial charge on any atom is -0.496 e. The lowest BCUT2D eigenvalue weighted by molar-refractivity contribution is -0.131. The van der Waals surface area contributed by atoms with Gasteiger partial charge in [-0.05, 0) is 25.1 Å². The topological polar surface area (TPSA) is 73.5 Å². The molecule has 1 aromatic heterocycles. The Morgan fingerprint density at radius 1 is 1.04 bits per heavy atom. The minimum atomic E-state index is -0.481. The Labute approximate surface area is 162 Å². The zero-order valence-electron chi connectivity index (χ0n) is 16.2. The molecule has 1 amide bonds. The van der Waals surface area contributed by atoms with Crippen LogP contribution in [0.1, 0.15) is 12.5 Å². The predicted molar refractivity (Wildman–Crippen MR) is 108 cm³/mol. The molecule has 0 aliphatic heterocycles. The molecular weight excluding hydrogens is 358 g/mol. The van der Waals surface area contributed by atoms with E-state index in [0.717, 1.165) is 10.1 Å². The number of methoxy groups -OCH3 is 1. The monoisotopic (exact) mass is 381 g/mol. The number of aromatic nitrogens is 2. The van der Waals surface area contributed by atoms with Gasteiger partial charge in [0.05, 0.1) is 18.0 Å². The number of benzene rings is 2. The average Bonchev–Trinajstić information content (AvgIpc) is 2.71. The van der Waals surface area contributed by atoms with Crippen LogP contribution in [0, 0.1) is 0 Å². The SMILES string of the molecule is CCn1c(=O)c2ccccc2n(CC(=O)N(C)Cc2ccccc2OC)c1=O. The highest BCUT2D eigenvalue weighted by molar-refractivity contribution is 5.81. The lowest BCUT2D eigenvalue weighted by atomic mass is 10.2. The summed E-state index contributed by atoms with van der Waals surface area (Å²) in [6.45, 7) is 2.18. The quantitative estimate of drug-likeness (QED) is 0.653. The van der Waals surface area contributed by atoms with Gasteiger partial charge in [-0.3, -0.25) is 18.7 Å². The first kappa shape index (κ1) is 19.4. The van der Waals surface area contributed by atoms with E-state index >= 15 is 0 Å². The molecular formula is C21H23N3O4. The Morgan fingerprint density at radius 2 is 1.71 bits per heavy atom. The number of hydrogen-bond acceptors (Lipinski definition) is 4. The van der Waals surface area contributed by atoms with Crippen LogP contribution in [0.5, 0.6) is 5.75 Å². The molecule has 0 aliphatic carbocycles. The van der Waals surface area contributed by atoms with E-state index in [4.69, 9.17) is 4.74 Å². The van der Waals surface area contributed by atoms with E-state index in [-0.39, 0.29) is 24.6 Å². The molecule has 0 aliphatic rings. The maximum Gasteiger partial charge on any atom is 0.331 e. The summed E-state index contributed by atoms with van der Waals surface area (Å²) in [7, 11) is 3.26. The van der Waals surface area contributed by atoms with Crippen molar-refractivity contribution in [2.75, 3.05) is 14.2 Å². The van der Waals surface area contributed by atoms with E-state index in [2.05, 4.69) is 0 Å². The molecule has 2 aromatic carbocycles. The molecule has 0 atom stereocenters. The van der Waals surface area contributed by atoms with Crippen molar-refractivity contribution in [3.63, 3.8) is 0 Å². The first-order valence-electron chi connectivity index (χ1n) is 9.06. The van der Waals surface area contributed by atoms with Crippen LogP contribution in [0.2, 0.25) is 0 Å². The van der Waals surface area contributed by atoms with Gasteiger partial charge in [0.25, 0.3) is 5.56 Å². The third kappa shape index (κ3) is 3.55. The van der Waals surface area contributed by atoms with Gasteiger partial charge in [-0.2, -0.15) is 0 Å². The number of ether oxygens (including phenoxy) is 1. The van der Waals surface area contributed by atoms with Crippen LogP contribution in [0.25, 0.3) is 10.9 Å². The van der Waals surface area contributed by atoms with Gasteiger partial charge in [0.2, 0.25) is 5.91 Å². The molecule has 146 valence electrons. The minimum absolute atomic E-state index is 0.148. The Hall–Kier alpha value is -3.35.